The predicted octanol–water partition coefficient (Wildman–Crippen LogP) is 4.53. The molecule has 1 aliphatic heterocycles. The Hall–Kier alpha value is -4.26. The second kappa shape index (κ2) is 10.5. The normalized spacial score (nSPS) is 15.5. The fraction of sp³-hybridized carbons (Fsp3) is 0.179. The van der Waals surface area contributed by atoms with Gasteiger partial charge in [-0.05, 0) is 50.2 Å². The van der Waals surface area contributed by atoms with Gasteiger partial charge in [0.25, 0.3) is 17.4 Å². The molecule has 11 nitrogen and oxygen atoms in total. The molecule has 0 saturated carbocycles. The van der Waals surface area contributed by atoms with Gasteiger partial charge in [-0.3, -0.25) is 19.0 Å². The number of hydrogen-bond acceptors (Lipinski definition) is 8. The van der Waals surface area contributed by atoms with E-state index in [9.17, 15) is 27.6 Å². The van der Waals surface area contributed by atoms with E-state index in [-0.39, 0.29) is 31.8 Å². The number of carbonyl (C=O) groups is 3. The van der Waals surface area contributed by atoms with Crippen LogP contribution in [0, 0.1) is 0 Å². The molecule has 42 heavy (non-hydrogen) atoms. The maximum Gasteiger partial charge on any atom is 0.418 e. The number of nitrogens with zero attached hydrogens (tertiary/aromatic N) is 3. The molecule has 3 aromatic carbocycles. The number of benzene rings is 3. The Labute approximate surface area is 249 Å². The lowest BCUT2D eigenvalue weighted by molar-refractivity contribution is -0.139. The van der Waals surface area contributed by atoms with Gasteiger partial charge in [0.15, 0.2) is 27.3 Å². The SMILES string of the molecule is CC1(C)OC(=O)N(C(C(=O)Nc2cc(Cl)c(S(C)(=O)=O)cc2Cl)c2nc(=O)c3ccccc3n2-c2ccccc2)C1=O. The van der Waals surface area contributed by atoms with Crippen molar-refractivity contribution in [3.8, 4) is 5.69 Å². The number of nitrogens with one attached hydrogen (secondary N) is 1. The van der Waals surface area contributed by atoms with Crippen molar-refractivity contribution >= 4 is 67.5 Å². The lowest BCUT2D eigenvalue weighted by Crippen LogP contribution is -2.45. The van der Waals surface area contributed by atoms with Crippen molar-refractivity contribution in [2.75, 3.05) is 11.6 Å². The van der Waals surface area contributed by atoms with Crippen LogP contribution in [0.25, 0.3) is 16.6 Å². The molecule has 1 aliphatic rings. The van der Waals surface area contributed by atoms with Crippen LogP contribution in [0.1, 0.15) is 25.7 Å². The van der Waals surface area contributed by atoms with E-state index in [1.807, 2.05) is 0 Å². The van der Waals surface area contributed by atoms with Crippen molar-refractivity contribution in [1.82, 2.24) is 14.5 Å². The summed E-state index contributed by atoms with van der Waals surface area (Å²) >= 11 is 12.5. The van der Waals surface area contributed by atoms with Gasteiger partial charge in [-0.1, -0.05) is 53.5 Å². The van der Waals surface area contributed by atoms with Crippen molar-refractivity contribution in [3.63, 3.8) is 0 Å². The quantitative estimate of drug-likeness (QED) is 0.328. The Morgan fingerprint density at radius 2 is 1.62 bits per heavy atom. The summed E-state index contributed by atoms with van der Waals surface area (Å²) in [7, 11) is -3.75. The van der Waals surface area contributed by atoms with E-state index in [1.54, 1.807) is 54.6 Å². The number of hydrogen-bond donors (Lipinski definition) is 1. The Bertz CT molecular complexity index is 1960. The van der Waals surface area contributed by atoms with Crippen molar-refractivity contribution in [2.24, 2.45) is 0 Å². The zero-order chi connectivity index (χ0) is 30.6. The molecular weight excluding hydrogens is 607 g/mol. The van der Waals surface area contributed by atoms with E-state index in [1.165, 1.54) is 18.4 Å². The summed E-state index contributed by atoms with van der Waals surface area (Å²) < 4.78 is 30.9. The molecule has 5 rings (SSSR count). The Morgan fingerprint density at radius 3 is 2.24 bits per heavy atom. The van der Waals surface area contributed by atoms with Gasteiger partial charge < -0.3 is 10.1 Å². The molecular formula is C28H22Cl2N4O7S. The number of carbonyl (C=O) groups excluding carboxylic acids is 3. The van der Waals surface area contributed by atoms with Crippen LogP contribution in [0.5, 0.6) is 0 Å². The third-order valence-electron chi connectivity index (χ3n) is 6.54. The molecule has 1 atom stereocenters. The van der Waals surface area contributed by atoms with E-state index >= 15 is 0 Å². The lowest BCUT2D eigenvalue weighted by atomic mass is 10.1. The van der Waals surface area contributed by atoms with Crippen LogP contribution >= 0.6 is 23.2 Å². The van der Waals surface area contributed by atoms with Crippen molar-refractivity contribution < 1.29 is 27.5 Å². The predicted molar refractivity (Wildman–Crippen MR) is 156 cm³/mol. The monoisotopic (exact) mass is 628 g/mol. The first kappa shape index (κ1) is 29.2. The highest BCUT2D eigenvalue weighted by atomic mass is 35.5. The largest absolute Gasteiger partial charge is 0.433 e. The van der Waals surface area contributed by atoms with Gasteiger partial charge in [0, 0.05) is 11.9 Å². The molecule has 0 bridgehead atoms. The summed E-state index contributed by atoms with van der Waals surface area (Å²) in [5.74, 6) is -2.12. The molecule has 14 heteroatoms. The number of sulfone groups is 1. The molecule has 4 aromatic rings. The van der Waals surface area contributed by atoms with Gasteiger partial charge in [-0.15, -0.1) is 0 Å². The maximum atomic E-state index is 14.1. The molecule has 1 saturated heterocycles. The molecule has 2 heterocycles. The minimum atomic E-state index is -3.75. The number of anilines is 1. The molecule has 1 fully saturated rings. The highest BCUT2D eigenvalue weighted by Gasteiger charge is 2.53. The molecule has 1 unspecified atom stereocenters. The minimum Gasteiger partial charge on any atom is -0.433 e. The Balaban J connectivity index is 1.76. The Kier molecular flexibility index (Phi) is 7.34. The van der Waals surface area contributed by atoms with Gasteiger partial charge in [0.05, 0.1) is 31.5 Å². The minimum absolute atomic E-state index is 0.113. The number of aromatic nitrogens is 2. The number of para-hydroxylation sites is 2. The second-order valence-electron chi connectivity index (χ2n) is 9.94. The summed E-state index contributed by atoms with van der Waals surface area (Å²) in [5, 5.41) is 2.33. The first-order valence-electron chi connectivity index (χ1n) is 12.3. The fourth-order valence-electron chi connectivity index (χ4n) is 4.59. The molecule has 1 N–H and O–H groups in total. The topological polar surface area (TPSA) is 145 Å². The van der Waals surface area contributed by atoms with Crippen LogP contribution in [-0.4, -0.2) is 52.6 Å². The van der Waals surface area contributed by atoms with Crippen LogP contribution in [0.3, 0.4) is 0 Å². The van der Waals surface area contributed by atoms with Crippen molar-refractivity contribution in [1.29, 1.82) is 0 Å². The standard InChI is InChI=1S/C28H22Cl2N4O7S/c1-28(2)26(37)34(27(38)41-28)22(25(36)31-19-13-18(30)21(14-17(19)29)42(3,39)40)23-32-24(35)16-11-7-8-12-20(16)33(23)15-9-5-4-6-10-15/h4-14,22H,1-3H3,(H,31,36). The van der Waals surface area contributed by atoms with Crippen LogP contribution in [0.2, 0.25) is 10.0 Å². The van der Waals surface area contributed by atoms with E-state index in [0.717, 1.165) is 18.4 Å². The molecule has 1 aromatic heterocycles. The number of imide groups is 1. The highest BCUT2D eigenvalue weighted by Crippen LogP contribution is 2.36. The van der Waals surface area contributed by atoms with E-state index in [0.29, 0.717) is 16.1 Å². The van der Waals surface area contributed by atoms with Gasteiger partial charge >= 0.3 is 6.09 Å². The summed E-state index contributed by atoms with van der Waals surface area (Å²) in [6, 6.07) is 15.5. The van der Waals surface area contributed by atoms with E-state index in [2.05, 4.69) is 10.3 Å². The first-order valence-corrected chi connectivity index (χ1v) is 15.0. The average Bonchev–Trinajstić information content (AvgIpc) is 3.12. The van der Waals surface area contributed by atoms with Crippen LogP contribution in [0.4, 0.5) is 10.5 Å². The number of ether oxygens (including phenoxy) is 1. The lowest BCUT2D eigenvalue weighted by Gasteiger charge is -2.27. The van der Waals surface area contributed by atoms with Crippen molar-refractivity contribution in [3.05, 3.63) is 93.0 Å². The fourth-order valence-corrected chi connectivity index (χ4v) is 6.19. The van der Waals surface area contributed by atoms with E-state index < -0.39 is 44.9 Å². The molecule has 0 radical (unpaired) electrons. The van der Waals surface area contributed by atoms with Crippen LogP contribution in [-0.2, 0) is 24.2 Å². The third kappa shape index (κ3) is 5.13. The molecule has 3 amide bonds. The Morgan fingerprint density at radius 1 is 0.976 bits per heavy atom. The summed E-state index contributed by atoms with van der Waals surface area (Å²) in [5.41, 5.74) is -1.61. The van der Waals surface area contributed by atoms with Crippen LogP contribution in [0.15, 0.2) is 76.4 Å². The van der Waals surface area contributed by atoms with Gasteiger partial charge in [0.2, 0.25) is 0 Å². The molecule has 216 valence electrons. The average molecular weight is 629 g/mol. The maximum absolute atomic E-state index is 14.1. The summed E-state index contributed by atoms with van der Waals surface area (Å²) in [6.45, 7) is 2.72. The van der Waals surface area contributed by atoms with Gasteiger partial charge in [-0.2, -0.15) is 4.98 Å². The van der Waals surface area contributed by atoms with Gasteiger partial charge in [-0.25, -0.2) is 18.1 Å². The smallest absolute Gasteiger partial charge is 0.418 e. The number of halogens is 2. The van der Waals surface area contributed by atoms with Crippen LogP contribution < -0.4 is 10.9 Å². The second-order valence-corrected chi connectivity index (χ2v) is 12.7. The number of amides is 3. The highest BCUT2D eigenvalue weighted by molar-refractivity contribution is 7.90. The number of fused-ring (bicyclic) bond motifs is 1. The zero-order valence-corrected chi connectivity index (χ0v) is 24.6. The third-order valence-corrected chi connectivity index (χ3v) is 8.41. The zero-order valence-electron chi connectivity index (χ0n) is 22.3. The summed E-state index contributed by atoms with van der Waals surface area (Å²) in [4.78, 5) is 58.4. The molecule has 0 aliphatic carbocycles. The van der Waals surface area contributed by atoms with E-state index in [4.69, 9.17) is 27.9 Å². The number of cyclic esters (lactones) is 1. The summed E-state index contributed by atoms with van der Waals surface area (Å²) in [6.07, 6.45) is -0.192. The first-order chi connectivity index (χ1) is 19.7. The number of rotatable bonds is 6. The van der Waals surface area contributed by atoms with Crippen molar-refractivity contribution in [2.45, 2.75) is 30.4 Å². The van der Waals surface area contributed by atoms with Gasteiger partial charge in [0.1, 0.15) is 0 Å². The molecule has 0 spiro atoms.